The van der Waals surface area contributed by atoms with Gasteiger partial charge in [-0.3, -0.25) is 14.5 Å². The third kappa shape index (κ3) is 3.86. The molecule has 8 nitrogen and oxygen atoms in total. The lowest BCUT2D eigenvalue weighted by molar-refractivity contribution is -0.139. The first-order valence-corrected chi connectivity index (χ1v) is 8.62. The van der Waals surface area contributed by atoms with Gasteiger partial charge in [-0.15, -0.1) is 12.4 Å². The Kier molecular flexibility index (Phi) is 6.33. The quantitative estimate of drug-likeness (QED) is 0.715. The highest BCUT2D eigenvalue weighted by Gasteiger charge is 2.49. The van der Waals surface area contributed by atoms with Crippen molar-refractivity contribution in [1.29, 1.82) is 0 Å². The molecule has 1 aromatic rings. The number of hydrogen-bond donors (Lipinski definition) is 2. The lowest BCUT2D eigenvalue weighted by Gasteiger charge is -2.26. The van der Waals surface area contributed by atoms with E-state index in [1.54, 1.807) is 50.2 Å². The molecule has 2 fully saturated rings. The molecule has 148 valence electrons. The zero-order valence-electron chi connectivity index (χ0n) is 15.7. The van der Waals surface area contributed by atoms with Crippen LogP contribution in [0.2, 0.25) is 0 Å². The van der Waals surface area contributed by atoms with Gasteiger partial charge in [-0.25, -0.2) is 4.79 Å². The van der Waals surface area contributed by atoms with E-state index in [1.165, 1.54) is 0 Å². The van der Waals surface area contributed by atoms with E-state index in [-0.39, 0.29) is 30.9 Å². The normalized spacial score (nSPS) is 24.4. The third-order valence-corrected chi connectivity index (χ3v) is 5.21. The number of ether oxygens (including phenoxy) is 1. The van der Waals surface area contributed by atoms with Crippen LogP contribution in [-0.4, -0.2) is 67.5 Å². The van der Waals surface area contributed by atoms with E-state index in [4.69, 9.17) is 4.74 Å². The highest BCUT2D eigenvalue weighted by atomic mass is 35.5. The molecule has 2 unspecified atom stereocenters. The molecule has 2 heterocycles. The maximum absolute atomic E-state index is 12.9. The fourth-order valence-corrected chi connectivity index (χ4v) is 3.38. The summed E-state index contributed by atoms with van der Waals surface area (Å²) in [6.07, 6.45) is 0.867. The molecular formula is C18H25ClN4O4. The third-order valence-electron chi connectivity index (χ3n) is 5.21. The van der Waals surface area contributed by atoms with Crippen LogP contribution >= 0.6 is 12.4 Å². The molecule has 0 spiro atoms. The molecule has 2 aliphatic rings. The van der Waals surface area contributed by atoms with Crippen LogP contribution in [0, 0.1) is 0 Å². The Bertz CT molecular complexity index is 721. The van der Waals surface area contributed by atoms with E-state index >= 15 is 0 Å². The molecule has 4 amide bonds. The van der Waals surface area contributed by atoms with Crippen LogP contribution in [0.1, 0.15) is 18.9 Å². The SMILES string of the molecule is COc1ccc(C2(C)NC(=O)N(CC(=O)N(C)C3CCNC3)C2=O)cc1.Cl. The van der Waals surface area contributed by atoms with Crippen LogP contribution in [0.3, 0.4) is 0 Å². The van der Waals surface area contributed by atoms with Crippen molar-refractivity contribution < 1.29 is 19.1 Å². The summed E-state index contributed by atoms with van der Waals surface area (Å²) in [6.45, 7) is 2.97. The lowest BCUT2D eigenvalue weighted by Crippen LogP contribution is -2.46. The van der Waals surface area contributed by atoms with Crippen molar-refractivity contribution in [2.45, 2.75) is 24.9 Å². The zero-order chi connectivity index (χ0) is 18.9. The van der Waals surface area contributed by atoms with Crippen LogP contribution in [0.15, 0.2) is 24.3 Å². The molecule has 2 saturated heterocycles. The van der Waals surface area contributed by atoms with Gasteiger partial charge in [0.15, 0.2) is 0 Å². The molecule has 9 heteroatoms. The maximum Gasteiger partial charge on any atom is 0.325 e. The highest BCUT2D eigenvalue weighted by Crippen LogP contribution is 2.30. The number of nitrogens with zero attached hydrogens (tertiary/aromatic N) is 2. The maximum atomic E-state index is 12.9. The van der Waals surface area contributed by atoms with Gasteiger partial charge < -0.3 is 20.3 Å². The Morgan fingerprint density at radius 1 is 1.33 bits per heavy atom. The number of nitrogens with one attached hydrogen (secondary N) is 2. The standard InChI is InChI=1S/C18H24N4O4.ClH/c1-18(12-4-6-14(26-3)7-5-12)16(24)22(17(25)20-18)11-15(23)21(2)13-8-9-19-10-13;/h4-7,13,19H,8-11H2,1-3H3,(H,20,25);1H. The van der Waals surface area contributed by atoms with Gasteiger partial charge in [0.05, 0.1) is 7.11 Å². The number of halogens is 1. The van der Waals surface area contributed by atoms with E-state index in [2.05, 4.69) is 10.6 Å². The predicted octanol–water partition coefficient (Wildman–Crippen LogP) is 0.704. The van der Waals surface area contributed by atoms with Crippen LogP contribution in [-0.2, 0) is 15.1 Å². The monoisotopic (exact) mass is 396 g/mol. The van der Waals surface area contributed by atoms with E-state index in [0.29, 0.717) is 11.3 Å². The van der Waals surface area contributed by atoms with Gasteiger partial charge in [-0.2, -0.15) is 0 Å². The Labute approximate surface area is 164 Å². The number of amides is 4. The van der Waals surface area contributed by atoms with Gasteiger partial charge in [0, 0.05) is 19.6 Å². The fourth-order valence-electron chi connectivity index (χ4n) is 3.38. The molecule has 2 N–H and O–H groups in total. The smallest absolute Gasteiger partial charge is 0.325 e. The fraction of sp³-hybridized carbons (Fsp3) is 0.500. The largest absolute Gasteiger partial charge is 0.497 e. The number of hydrogen-bond acceptors (Lipinski definition) is 5. The summed E-state index contributed by atoms with van der Waals surface area (Å²) >= 11 is 0. The number of rotatable bonds is 5. The molecule has 3 rings (SSSR count). The van der Waals surface area contributed by atoms with E-state index < -0.39 is 17.5 Å². The van der Waals surface area contributed by atoms with Gasteiger partial charge in [0.25, 0.3) is 5.91 Å². The second-order valence-electron chi connectivity index (χ2n) is 6.83. The molecule has 0 aliphatic carbocycles. The molecule has 0 radical (unpaired) electrons. The van der Waals surface area contributed by atoms with Crippen molar-refractivity contribution in [3.05, 3.63) is 29.8 Å². The Morgan fingerprint density at radius 3 is 2.56 bits per heavy atom. The van der Waals surface area contributed by atoms with E-state index in [9.17, 15) is 14.4 Å². The van der Waals surface area contributed by atoms with Gasteiger partial charge >= 0.3 is 6.03 Å². The first-order valence-electron chi connectivity index (χ1n) is 8.62. The molecule has 0 bridgehead atoms. The molecule has 2 aliphatic heterocycles. The summed E-state index contributed by atoms with van der Waals surface area (Å²) < 4.78 is 5.12. The minimum Gasteiger partial charge on any atom is -0.497 e. The second-order valence-corrected chi connectivity index (χ2v) is 6.83. The first-order chi connectivity index (χ1) is 12.4. The summed E-state index contributed by atoms with van der Waals surface area (Å²) in [6, 6.07) is 6.47. The Balaban J connectivity index is 0.00000261. The Morgan fingerprint density at radius 2 is 2.00 bits per heavy atom. The number of methoxy groups -OCH3 is 1. The molecular weight excluding hydrogens is 372 g/mol. The van der Waals surface area contributed by atoms with Crippen molar-refractivity contribution >= 4 is 30.3 Å². The number of benzene rings is 1. The Hall–Kier alpha value is -2.32. The molecule has 2 atom stereocenters. The van der Waals surface area contributed by atoms with Crippen molar-refractivity contribution in [2.75, 3.05) is 33.8 Å². The minimum absolute atomic E-state index is 0. The van der Waals surface area contributed by atoms with Crippen LogP contribution in [0.25, 0.3) is 0 Å². The highest BCUT2D eigenvalue weighted by molar-refractivity contribution is 6.09. The van der Waals surface area contributed by atoms with Gasteiger partial charge in [0.1, 0.15) is 17.8 Å². The zero-order valence-corrected chi connectivity index (χ0v) is 16.5. The second kappa shape index (κ2) is 8.14. The number of carbonyl (C=O) groups is 3. The topological polar surface area (TPSA) is 91.0 Å². The van der Waals surface area contributed by atoms with Crippen molar-refractivity contribution in [3.8, 4) is 5.75 Å². The number of likely N-dealkylation sites (N-methyl/N-ethyl adjacent to an activating group) is 1. The summed E-state index contributed by atoms with van der Waals surface area (Å²) in [4.78, 5) is 40.4. The predicted molar refractivity (Wildman–Crippen MR) is 102 cm³/mol. The number of carbonyl (C=O) groups excluding carboxylic acids is 3. The van der Waals surface area contributed by atoms with Crippen LogP contribution in [0.4, 0.5) is 4.79 Å². The van der Waals surface area contributed by atoms with Crippen molar-refractivity contribution in [2.24, 2.45) is 0 Å². The van der Waals surface area contributed by atoms with Crippen LogP contribution < -0.4 is 15.4 Å². The van der Waals surface area contributed by atoms with Crippen molar-refractivity contribution in [3.63, 3.8) is 0 Å². The molecule has 0 saturated carbocycles. The number of urea groups is 1. The molecule has 27 heavy (non-hydrogen) atoms. The molecule has 1 aromatic carbocycles. The van der Waals surface area contributed by atoms with E-state index in [1.807, 2.05) is 0 Å². The number of imide groups is 1. The summed E-state index contributed by atoms with van der Waals surface area (Å²) in [5.41, 5.74) is -0.558. The average Bonchev–Trinajstić information content (AvgIpc) is 3.25. The van der Waals surface area contributed by atoms with Crippen molar-refractivity contribution in [1.82, 2.24) is 20.4 Å². The van der Waals surface area contributed by atoms with E-state index in [0.717, 1.165) is 24.4 Å². The van der Waals surface area contributed by atoms with Crippen LogP contribution in [0.5, 0.6) is 5.75 Å². The minimum atomic E-state index is -1.20. The van der Waals surface area contributed by atoms with Gasteiger partial charge in [0.2, 0.25) is 5.91 Å². The average molecular weight is 397 g/mol. The first kappa shape index (κ1) is 21.0. The van der Waals surface area contributed by atoms with Gasteiger partial charge in [-0.05, 0) is 37.6 Å². The summed E-state index contributed by atoms with van der Waals surface area (Å²) in [5.74, 6) is -0.0203. The molecule has 0 aromatic heterocycles. The summed E-state index contributed by atoms with van der Waals surface area (Å²) in [7, 11) is 3.27. The van der Waals surface area contributed by atoms with Gasteiger partial charge in [-0.1, -0.05) is 12.1 Å². The lowest BCUT2D eigenvalue weighted by atomic mass is 9.92. The summed E-state index contributed by atoms with van der Waals surface area (Å²) in [5, 5.41) is 5.91.